The van der Waals surface area contributed by atoms with Crippen molar-refractivity contribution in [3.63, 3.8) is 0 Å². The highest BCUT2D eigenvalue weighted by Gasteiger charge is 2.39. The molecule has 4 rings (SSSR count). The molecule has 0 bridgehead atoms. The Morgan fingerprint density at radius 3 is 2.54 bits per heavy atom. The summed E-state index contributed by atoms with van der Waals surface area (Å²) in [6, 6.07) is 11.0. The van der Waals surface area contributed by atoms with Gasteiger partial charge in [-0.1, -0.05) is 65.0 Å². The molecule has 1 aliphatic carbocycles. The van der Waals surface area contributed by atoms with Gasteiger partial charge in [-0.3, -0.25) is 4.79 Å². The largest absolute Gasteiger partial charge is 0.425 e. The van der Waals surface area contributed by atoms with E-state index in [1.807, 2.05) is 0 Å². The van der Waals surface area contributed by atoms with Crippen molar-refractivity contribution >= 4 is 5.97 Å². The number of aryl methyl sites for hydroxylation is 1. The fourth-order valence-electron chi connectivity index (χ4n) is 4.74. The van der Waals surface area contributed by atoms with Gasteiger partial charge < -0.3 is 4.74 Å². The second kappa shape index (κ2) is 7.06. The third-order valence-corrected chi connectivity index (χ3v) is 6.18. The van der Waals surface area contributed by atoms with E-state index in [0.29, 0.717) is 5.92 Å². The Kier molecular flexibility index (Phi) is 4.85. The normalized spacial score (nSPS) is 18.8. The zero-order valence-corrected chi connectivity index (χ0v) is 17.9. The SMILES string of the molecule is CC(C)Cc1cc(C(C)(C)C)cc2c1OC(=O)C2c1cccc2c1CCCC2. The summed E-state index contributed by atoms with van der Waals surface area (Å²) < 4.78 is 5.93. The van der Waals surface area contributed by atoms with Gasteiger partial charge in [0, 0.05) is 5.56 Å². The van der Waals surface area contributed by atoms with Gasteiger partial charge in [-0.2, -0.15) is 0 Å². The lowest BCUT2D eigenvalue weighted by atomic mass is 9.78. The quantitative estimate of drug-likeness (QED) is 0.477. The molecule has 28 heavy (non-hydrogen) atoms. The predicted molar refractivity (Wildman–Crippen MR) is 114 cm³/mol. The Hall–Kier alpha value is -2.09. The second-order valence-corrected chi connectivity index (χ2v) is 9.95. The standard InChI is InChI=1S/C26H32O2/c1-16(2)13-18-14-19(26(3,4)5)15-22-23(25(27)28-24(18)22)21-12-8-10-17-9-6-7-11-20(17)21/h8,10,12,14-16,23H,6-7,9,11,13H2,1-5H3. The van der Waals surface area contributed by atoms with Gasteiger partial charge in [-0.05, 0) is 71.3 Å². The molecule has 148 valence electrons. The molecule has 1 aliphatic heterocycles. The van der Waals surface area contributed by atoms with Crippen molar-refractivity contribution in [2.45, 2.75) is 78.1 Å². The predicted octanol–water partition coefficient (Wildman–Crippen LogP) is 6.11. The molecular weight excluding hydrogens is 344 g/mol. The van der Waals surface area contributed by atoms with Crippen LogP contribution in [0.15, 0.2) is 30.3 Å². The summed E-state index contributed by atoms with van der Waals surface area (Å²) in [5.74, 6) is 0.952. The molecule has 0 fully saturated rings. The number of carbonyl (C=O) groups is 1. The van der Waals surface area contributed by atoms with Crippen LogP contribution in [0.4, 0.5) is 0 Å². The van der Waals surface area contributed by atoms with Gasteiger partial charge in [0.15, 0.2) is 0 Å². The molecule has 1 atom stereocenters. The number of fused-ring (bicyclic) bond motifs is 2. The summed E-state index contributed by atoms with van der Waals surface area (Å²) in [6.07, 6.45) is 5.58. The smallest absolute Gasteiger partial charge is 0.323 e. The van der Waals surface area contributed by atoms with Crippen LogP contribution in [0.5, 0.6) is 5.75 Å². The Morgan fingerprint density at radius 2 is 1.82 bits per heavy atom. The van der Waals surface area contributed by atoms with Crippen molar-refractivity contribution in [1.82, 2.24) is 0 Å². The van der Waals surface area contributed by atoms with Gasteiger partial charge in [0.2, 0.25) is 0 Å². The van der Waals surface area contributed by atoms with Gasteiger partial charge in [0.25, 0.3) is 0 Å². The third kappa shape index (κ3) is 3.38. The summed E-state index contributed by atoms with van der Waals surface area (Å²) in [6.45, 7) is 11.2. The molecular formula is C26H32O2. The van der Waals surface area contributed by atoms with Crippen molar-refractivity contribution in [3.05, 3.63) is 63.7 Å². The first-order chi connectivity index (χ1) is 13.3. The molecule has 0 saturated carbocycles. The van der Waals surface area contributed by atoms with E-state index in [1.54, 1.807) is 0 Å². The molecule has 1 heterocycles. The Morgan fingerprint density at radius 1 is 1.07 bits per heavy atom. The Balaban J connectivity index is 1.89. The number of hydrogen-bond donors (Lipinski definition) is 0. The lowest BCUT2D eigenvalue weighted by Gasteiger charge is -2.24. The minimum Gasteiger partial charge on any atom is -0.425 e. The van der Waals surface area contributed by atoms with Crippen molar-refractivity contribution in [2.24, 2.45) is 5.92 Å². The van der Waals surface area contributed by atoms with E-state index in [2.05, 4.69) is 65.0 Å². The molecule has 0 radical (unpaired) electrons. The Bertz CT molecular complexity index is 915. The van der Waals surface area contributed by atoms with Crippen LogP contribution in [0.1, 0.15) is 86.8 Å². The number of hydrogen-bond acceptors (Lipinski definition) is 2. The highest BCUT2D eigenvalue weighted by molar-refractivity contribution is 5.90. The van der Waals surface area contributed by atoms with Crippen LogP contribution in [0, 0.1) is 5.92 Å². The summed E-state index contributed by atoms with van der Waals surface area (Å²) in [5.41, 5.74) is 7.55. The number of carbonyl (C=O) groups excluding carboxylic acids is 1. The van der Waals surface area contributed by atoms with Crippen molar-refractivity contribution < 1.29 is 9.53 Å². The van der Waals surface area contributed by atoms with Crippen molar-refractivity contribution in [1.29, 1.82) is 0 Å². The molecule has 2 aromatic rings. The number of benzene rings is 2. The maximum Gasteiger partial charge on any atom is 0.323 e. The van der Waals surface area contributed by atoms with Crippen LogP contribution in [-0.2, 0) is 29.5 Å². The maximum absolute atomic E-state index is 13.1. The first-order valence-corrected chi connectivity index (χ1v) is 10.8. The monoisotopic (exact) mass is 376 g/mol. The lowest BCUT2D eigenvalue weighted by molar-refractivity contribution is -0.133. The van der Waals surface area contributed by atoms with E-state index < -0.39 is 0 Å². The second-order valence-electron chi connectivity index (χ2n) is 9.95. The van der Waals surface area contributed by atoms with E-state index >= 15 is 0 Å². The molecule has 0 spiro atoms. The minimum absolute atomic E-state index is 0.0348. The molecule has 0 N–H and O–H groups in total. The van der Waals surface area contributed by atoms with Crippen molar-refractivity contribution in [2.75, 3.05) is 0 Å². The van der Waals surface area contributed by atoms with Crippen molar-refractivity contribution in [3.8, 4) is 5.75 Å². The molecule has 0 amide bonds. The first-order valence-electron chi connectivity index (χ1n) is 10.8. The highest BCUT2D eigenvalue weighted by atomic mass is 16.5. The molecule has 0 aromatic heterocycles. The first kappa shape index (κ1) is 19.2. The van der Waals surface area contributed by atoms with Crippen LogP contribution in [0.2, 0.25) is 0 Å². The molecule has 2 aliphatic rings. The zero-order chi connectivity index (χ0) is 20.1. The topological polar surface area (TPSA) is 26.3 Å². The van der Waals surface area contributed by atoms with Gasteiger partial charge in [0.05, 0.1) is 0 Å². The zero-order valence-electron chi connectivity index (χ0n) is 17.9. The number of esters is 1. The summed E-state index contributed by atoms with van der Waals surface area (Å²) >= 11 is 0. The molecule has 2 nitrogen and oxygen atoms in total. The van der Waals surface area contributed by atoms with E-state index in [4.69, 9.17) is 4.74 Å². The average Bonchev–Trinajstić information content (AvgIpc) is 2.96. The fourth-order valence-corrected chi connectivity index (χ4v) is 4.74. The van der Waals surface area contributed by atoms with Gasteiger partial charge in [0.1, 0.15) is 11.7 Å². The minimum atomic E-state index is -0.281. The van der Waals surface area contributed by atoms with Crippen LogP contribution < -0.4 is 4.74 Å². The molecule has 1 unspecified atom stereocenters. The molecule has 0 saturated heterocycles. The summed E-state index contributed by atoms with van der Waals surface area (Å²) in [4.78, 5) is 13.1. The van der Waals surface area contributed by atoms with E-state index in [0.717, 1.165) is 30.6 Å². The van der Waals surface area contributed by atoms with E-state index in [9.17, 15) is 4.79 Å². The number of rotatable bonds is 3. The highest BCUT2D eigenvalue weighted by Crippen LogP contribution is 2.46. The van der Waals surface area contributed by atoms with Gasteiger partial charge in [-0.15, -0.1) is 0 Å². The van der Waals surface area contributed by atoms with Crippen LogP contribution in [0.25, 0.3) is 0 Å². The average molecular weight is 377 g/mol. The number of ether oxygens (including phenoxy) is 1. The fraction of sp³-hybridized carbons (Fsp3) is 0.500. The van der Waals surface area contributed by atoms with Gasteiger partial charge in [-0.25, -0.2) is 0 Å². The van der Waals surface area contributed by atoms with Gasteiger partial charge >= 0.3 is 5.97 Å². The summed E-state index contributed by atoms with van der Waals surface area (Å²) in [7, 11) is 0. The third-order valence-electron chi connectivity index (χ3n) is 6.18. The van der Waals surface area contributed by atoms with E-state index in [-0.39, 0.29) is 17.3 Å². The maximum atomic E-state index is 13.1. The molecule has 2 aromatic carbocycles. The van der Waals surface area contributed by atoms with Crippen LogP contribution >= 0.6 is 0 Å². The van der Waals surface area contributed by atoms with Crippen LogP contribution in [0.3, 0.4) is 0 Å². The summed E-state index contributed by atoms with van der Waals surface area (Å²) in [5, 5.41) is 0. The van der Waals surface area contributed by atoms with Crippen LogP contribution in [-0.4, -0.2) is 5.97 Å². The Labute approximate surface area is 169 Å². The lowest BCUT2D eigenvalue weighted by Crippen LogP contribution is -2.16. The molecule has 2 heteroatoms. The van der Waals surface area contributed by atoms with E-state index in [1.165, 1.54) is 40.7 Å².